The Morgan fingerprint density at radius 3 is 2.85 bits per heavy atom. The fraction of sp³-hybridized carbons (Fsp3) is 0.235. The maximum atomic E-state index is 12.2. The van der Waals surface area contributed by atoms with Crippen molar-refractivity contribution in [3.05, 3.63) is 34.7 Å². The van der Waals surface area contributed by atoms with Crippen molar-refractivity contribution in [2.75, 3.05) is 10.8 Å². The van der Waals surface area contributed by atoms with Gasteiger partial charge in [0, 0.05) is 17.5 Å². The van der Waals surface area contributed by atoms with Gasteiger partial charge in [0.05, 0.1) is 11.9 Å². The highest BCUT2D eigenvalue weighted by atomic mass is 32.1. The molecule has 138 valence electrons. The number of carboxylic acids is 1. The molecule has 0 unspecified atom stereocenters. The van der Waals surface area contributed by atoms with E-state index < -0.39 is 5.97 Å². The standard InChI is InChI=1S/C17H15N5O3S2/c23-16(24)13-5-10(8-27-13)12-7-18-11-3-4-14(21-15(11)20-12)22(26)17(25)19-6-9-1-2-9/h3-5,7-9,26H,1-2,6H2,(H,19,25)(H,23,24). The van der Waals surface area contributed by atoms with Gasteiger partial charge in [-0.05, 0) is 37.0 Å². The predicted octanol–water partition coefficient (Wildman–Crippen LogP) is 3.22. The first kappa shape index (κ1) is 17.7. The summed E-state index contributed by atoms with van der Waals surface area (Å²) in [5.74, 6) is -0.0829. The van der Waals surface area contributed by atoms with E-state index in [4.69, 9.17) is 5.11 Å². The monoisotopic (exact) mass is 401 g/mol. The Bertz CT molecular complexity index is 1030. The molecule has 0 bridgehead atoms. The van der Waals surface area contributed by atoms with Crippen molar-refractivity contribution >= 4 is 53.1 Å². The molecule has 0 spiro atoms. The van der Waals surface area contributed by atoms with Crippen LogP contribution in [0.5, 0.6) is 0 Å². The molecule has 1 fully saturated rings. The van der Waals surface area contributed by atoms with E-state index in [1.807, 2.05) is 0 Å². The smallest absolute Gasteiger partial charge is 0.345 e. The van der Waals surface area contributed by atoms with Gasteiger partial charge in [-0.15, -0.1) is 11.3 Å². The Balaban J connectivity index is 1.59. The average molecular weight is 401 g/mol. The number of carbonyl (C=O) groups is 2. The highest BCUT2D eigenvalue weighted by Gasteiger charge is 2.23. The molecule has 3 aromatic rings. The lowest BCUT2D eigenvalue weighted by molar-refractivity contribution is 0.0702. The minimum Gasteiger partial charge on any atom is -0.477 e. The summed E-state index contributed by atoms with van der Waals surface area (Å²) >= 11 is 5.35. The first-order valence-electron chi connectivity index (χ1n) is 8.24. The minimum atomic E-state index is -0.983. The van der Waals surface area contributed by atoms with Crippen molar-refractivity contribution in [1.29, 1.82) is 0 Å². The van der Waals surface area contributed by atoms with Crippen molar-refractivity contribution in [3.8, 4) is 11.3 Å². The van der Waals surface area contributed by atoms with E-state index in [9.17, 15) is 9.59 Å². The molecule has 0 aliphatic heterocycles. The summed E-state index contributed by atoms with van der Waals surface area (Å²) in [6, 6.07) is 4.56. The fourth-order valence-electron chi connectivity index (χ4n) is 2.46. The van der Waals surface area contributed by atoms with Crippen molar-refractivity contribution in [2.24, 2.45) is 5.92 Å². The van der Waals surface area contributed by atoms with Gasteiger partial charge in [-0.25, -0.2) is 23.9 Å². The number of hydrogen-bond donors (Lipinski definition) is 3. The molecule has 3 aromatic heterocycles. The molecular formula is C17H15N5O3S2. The number of rotatable bonds is 5. The zero-order valence-corrected chi connectivity index (χ0v) is 15.7. The van der Waals surface area contributed by atoms with Gasteiger partial charge in [-0.2, -0.15) is 0 Å². The average Bonchev–Trinajstić information content (AvgIpc) is 3.37. The SMILES string of the molecule is O=C(O)c1cc(-c2cnc3ccc(N(S)C(=O)NCC4CC4)nc3n2)cs1. The largest absolute Gasteiger partial charge is 0.477 e. The number of anilines is 1. The number of fused-ring (bicyclic) bond motifs is 1. The van der Waals surface area contributed by atoms with E-state index in [1.165, 1.54) is 0 Å². The Labute approximate surface area is 163 Å². The van der Waals surface area contributed by atoms with Gasteiger partial charge in [0.1, 0.15) is 16.2 Å². The highest BCUT2D eigenvalue weighted by Crippen LogP contribution is 2.28. The van der Waals surface area contributed by atoms with Crippen LogP contribution in [0, 0.1) is 5.92 Å². The van der Waals surface area contributed by atoms with Crippen LogP contribution in [0.1, 0.15) is 22.5 Å². The van der Waals surface area contributed by atoms with Gasteiger partial charge in [-0.1, -0.05) is 12.8 Å². The summed E-state index contributed by atoms with van der Waals surface area (Å²) in [4.78, 5) is 36.6. The molecule has 0 aromatic carbocycles. The highest BCUT2D eigenvalue weighted by molar-refractivity contribution is 7.82. The summed E-state index contributed by atoms with van der Waals surface area (Å²) in [5.41, 5.74) is 2.09. The summed E-state index contributed by atoms with van der Waals surface area (Å²) < 4.78 is 1.14. The maximum Gasteiger partial charge on any atom is 0.345 e. The molecule has 1 aliphatic rings. The number of pyridine rings is 1. The third kappa shape index (κ3) is 3.86. The Morgan fingerprint density at radius 2 is 2.15 bits per heavy atom. The second-order valence-corrected chi connectivity index (χ2v) is 7.52. The molecule has 27 heavy (non-hydrogen) atoms. The number of aromatic nitrogens is 3. The van der Waals surface area contributed by atoms with Gasteiger partial charge >= 0.3 is 12.0 Å². The van der Waals surface area contributed by atoms with Gasteiger partial charge in [-0.3, -0.25) is 4.98 Å². The molecule has 10 heteroatoms. The molecule has 2 amide bonds. The summed E-state index contributed by atoms with van der Waals surface area (Å²) in [5, 5.41) is 13.6. The van der Waals surface area contributed by atoms with Crippen LogP contribution in [0.2, 0.25) is 0 Å². The number of aromatic carboxylic acids is 1. The third-order valence-electron chi connectivity index (χ3n) is 4.15. The number of thiophene rings is 1. The van der Waals surface area contributed by atoms with Gasteiger partial charge in [0.25, 0.3) is 0 Å². The Hall–Kier alpha value is -2.72. The number of nitrogens with zero attached hydrogens (tertiary/aromatic N) is 4. The minimum absolute atomic E-state index is 0.225. The molecule has 0 atom stereocenters. The lowest BCUT2D eigenvalue weighted by Crippen LogP contribution is -2.35. The fourth-order valence-corrected chi connectivity index (χ4v) is 3.38. The molecule has 3 heterocycles. The summed E-state index contributed by atoms with van der Waals surface area (Å²) in [6.45, 7) is 0.636. The number of nitrogens with one attached hydrogen (secondary N) is 1. The maximum absolute atomic E-state index is 12.2. The second kappa shape index (κ2) is 7.12. The molecule has 4 rings (SSSR count). The molecule has 0 saturated heterocycles. The number of amides is 2. The van der Waals surface area contributed by atoms with Crippen LogP contribution in [-0.4, -0.2) is 38.6 Å². The van der Waals surface area contributed by atoms with E-state index in [0.29, 0.717) is 40.7 Å². The second-order valence-electron chi connectivity index (χ2n) is 6.21. The molecule has 1 aliphatic carbocycles. The summed E-state index contributed by atoms with van der Waals surface area (Å²) in [7, 11) is 0. The molecule has 8 nitrogen and oxygen atoms in total. The van der Waals surface area contributed by atoms with E-state index in [1.54, 1.807) is 29.8 Å². The van der Waals surface area contributed by atoms with Crippen LogP contribution < -0.4 is 9.62 Å². The van der Waals surface area contributed by atoms with Crippen LogP contribution >= 0.6 is 24.2 Å². The number of carboxylic acid groups (broad SMARTS) is 1. The van der Waals surface area contributed by atoms with Crippen molar-refractivity contribution < 1.29 is 14.7 Å². The van der Waals surface area contributed by atoms with Crippen LogP contribution in [-0.2, 0) is 0 Å². The van der Waals surface area contributed by atoms with Crippen LogP contribution in [0.4, 0.5) is 10.6 Å². The number of thiol groups is 1. The predicted molar refractivity (Wildman–Crippen MR) is 105 cm³/mol. The first-order chi connectivity index (χ1) is 13.0. The lowest BCUT2D eigenvalue weighted by atomic mass is 10.2. The third-order valence-corrected chi connectivity index (χ3v) is 5.45. The number of urea groups is 1. The lowest BCUT2D eigenvalue weighted by Gasteiger charge is -2.15. The molecule has 1 saturated carbocycles. The van der Waals surface area contributed by atoms with Crippen LogP contribution in [0.25, 0.3) is 22.4 Å². The molecular weight excluding hydrogens is 386 g/mol. The van der Waals surface area contributed by atoms with Crippen molar-refractivity contribution in [1.82, 2.24) is 20.3 Å². The normalized spacial score (nSPS) is 13.5. The first-order valence-corrected chi connectivity index (χ1v) is 9.52. The van der Waals surface area contributed by atoms with Crippen LogP contribution in [0.15, 0.2) is 29.8 Å². The van der Waals surface area contributed by atoms with Gasteiger partial charge in [0.15, 0.2) is 5.65 Å². The van der Waals surface area contributed by atoms with E-state index in [2.05, 4.69) is 33.1 Å². The number of carbonyl (C=O) groups excluding carboxylic acids is 1. The molecule has 0 radical (unpaired) electrons. The van der Waals surface area contributed by atoms with E-state index in [-0.39, 0.29) is 10.9 Å². The topological polar surface area (TPSA) is 108 Å². The Morgan fingerprint density at radius 1 is 1.33 bits per heavy atom. The zero-order valence-electron chi connectivity index (χ0n) is 14.0. The number of hydrogen-bond acceptors (Lipinski definition) is 7. The van der Waals surface area contributed by atoms with E-state index in [0.717, 1.165) is 28.5 Å². The van der Waals surface area contributed by atoms with E-state index >= 15 is 0 Å². The zero-order chi connectivity index (χ0) is 19.0. The van der Waals surface area contributed by atoms with Gasteiger partial charge < -0.3 is 10.4 Å². The van der Waals surface area contributed by atoms with Crippen LogP contribution in [0.3, 0.4) is 0 Å². The Kier molecular flexibility index (Phi) is 4.66. The van der Waals surface area contributed by atoms with Gasteiger partial charge in [0.2, 0.25) is 0 Å². The molecule has 2 N–H and O–H groups in total. The summed E-state index contributed by atoms with van der Waals surface area (Å²) in [6.07, 6.45) is 3.86. The van der Waals surface area contributed by atoms with Crippen molar-refractivity contribution in [3.63, 3.8) is 0 Å². The quantitative estimate of drug-likeness (QED) is 0.567. The van der Waals surface area contributed by atoms with Crippen molar-refractivity contribution in [2.45, 2.75) is 12.8 Å².